The summed E-state index contributed by atoms with van der Waals surface area (Å²) in [5, 5.41) is 9.57. The molecule has 0 fully saturated rings. The Kier molecular flexibility index (Phi) is 7.22. The number of carboxylic acid groups (broad SMARTS) is 1. The molecular weight excluding hydrogens is 380 g/mol. The summed E-state index contributed by atoms with van der Waals surface area (Å²) in [5.74, 6) is -1.49. The molecule has 0 radical (unpaired) electrons. The van der Waals surface area contributed by atoms with E-state index in [0.29, 0.717) is 12.2 Å². The van der Waals surface area contributed by atoms with Crippen molar-refractivity contribution in [1.29, 1.82) is 0 Å². The third kappa shape index (κ3) is 5.95. The lowest BCUT2D eigenvalue weighted by Crippen LogP contribution is -2.17. The van der Waals surface area contributed by atoms with Gasteiger partial charge in [-0.3, -0.25) is 4.79 Å². The Hall–Kier alpha value is -3.60. The molecule has 0 saturated carbocycles. The number of aromatic carboxylic acids is 1. The van der Waals surface area contributed by atoms with Crippen LogP contribution < -0.4 is 4.74 Å². The minimum Gasteiger partial charge on any atom is -0.488 e. The van der Waals surface area contributed by atoms with Crippen LogP contribution in [0, 0.1) is 5.92 Å². The van der Waals surface area contributed by atoms with Crippen molar-refractivity contribution in [3.8, 4) is 5.75 Å². The highest BCUT2D eigenvalue weighted by Crippen LogP contribution is 2.23. The summed E-state index contributed by atoms with van der Waals surface area (Å²) >= 11 is 0. The standard InChI is InChI=1S/C25H24O5/c1-18(25(28)30-17-20-10-6-3-7-11-20)14-21-12-13-23(22(15-21)24(26)27)29-16-19-8-4-2-5-9-19/h2-13,15,18H,14,16-17H2,1H3,(H,26,27)/t18-/m0/s1. The van der Waals surface area contributed by atoms with Gasteiger partial charge in [0.2, 0.25) is 0 Å². The van der Waals surface area contributed by atoms with Gasteiger partial charge < -0.3 is 14.6 Å². The molecule has 0 aliphatic heterocycles. The average Bonchev–Trinajstić information content (AvgIpc) is 2.77. The smallest absolute Gasteiger partial charge is 0.339 e. The fraction of sp³-hybridized carbons (Fsp3) is 0.200. The molecule has 0 unspecified atom stereocenters. The van der Waals surface area contributed by atoms with Crippen molar-refractivity contribution < 1.29 is 24.2 Å². The van der Waals surface area contributed by atoms with Crippen molar-refractivity contribution in [3.05, 3.63) is 101 Å². The first-order valence-corrected chi connectivity index (χ1v) is 9.76. The van der Waals surface area contributed by atoms with E-state index in [-0.39, 0.29) is 24.7 Å². The Morgan fingerprint density at radius 2 is 1.43 bits per heavy atom. The molecule has 154 valence electrons. The maximum absolute atomic E-state index is 12.3. The molecule has 1 N–H and O–H groups in total. The SMILES string of the molecule is C[C@@H](Cc1ccc(OCc2ccccc2)c(C(=O)O)c1)C(=O)OCc1ccccc1. The molecule has 0 amide bonds. The van der Waals surface area contributed by atoms with Gasteiger partial charge in [0, 0.05) is 0 Å². The molecule has 0 aliphatic rings. The van der Waals surface area contributed by atoms with Crippen molar-refractivity contribution in [3.63, 3.8) is 0 Å². The van der Waals surface area contributed by atoms with Crippen LogP contribution in [0.25, 0.3) is 0 Å². The molecule has 0 spiro atoms. The third-order valence-electron chi connectivity index (χ3n) is 4.68. The van der Waals surface area contributed by atoms with Crippen LogP contribution in [-0.2, 0) is 29.2 Å². The summed E-state index contributed by atoms with van der Waals surface area (Å²) in [6.07, 6.45) is 0.382. The van der Waals surface area contributed by atoms with E-state index in [1.165, 1.54) is 0 Å². The first-order valence-electron chi connectivity index (χ1n) is 9.76. The van der Waals surface area contributed by atoms with E-state index in [4.69, 9.17) is 9.47 Å². The lowest BCUT2D eigenvalue weighted by atomic mass is 9.99. The Bertz CT molecular complexity index is 983. The zero-order valence-electron chi connectivity index (χ0n) is 16.8. The summed E-state index contributed by atoms with van der Waals surface area (Å²) in [6.45, 7) is 2.27. The second kappa shape index (κ2) is 10.3. The van der Waals surface area contributed by atoms with Gasteiger partial charge in [-0.05, 0) is 35.2 Å². The molecule has 3 aromatic carbocycles. The van der Waals surface area contributed by atoms with Gasteiger partial charge in [0.15, 0.2) is 0 Å². The molecular formula is C25H24O5. The first kappa shape index (κ1) is 21.1. The second-order valence-corrected chi connectivity index (χ2v) is 7.11. The molecule has 3 rings (SSSR count). The topological polar surface area (TPSA) is 72.8 Å². The molecule has 0 heterocycles. The molecule has 5 nitrogen and oxygen atoms in total. The highest BCUT2D eigenvalue weighted by molar-refractivity contribution is 5.91. The minimum absolute atomic E-state index is 0.0771. The number of ether oxygens (including phenoxy) is 2. The van der Waals surface area contributed by atoms with Crippen molar-refractivity contribution >= 4 is 11.9 Å². The van der Waals surface area contributed by atoms with E-state index in [1.807, 2.05) is 60.7 Å². The van der Waals surface area contributed by atoms with Gasteiger partial charge in [0.05, 0.1) is 5.92 Å². The zero-order chi connectivity index (χ0) is 21.3. The van der Waals surface area contributed by atoms with Crippen molar-refractivity contribution in [2.24, 2.45) is 5.92 Å². The molecule has 30 heavy (non-hydrogen) atoms. The molecule has 1 atom stereocenters. The number of rotatable bonds is 9. The van der Waals surface area contributed by atoms with Gasteiger partial charge in [-0.1, -0.05) is 73.7 Å². The van der Waals surface area contributed by atoms with Crippen LogP contribution in [0.3, 0.4) is 0 Å². The van der Waals surface area contributed by atoms with E-state index >= 15 is 0 Å². The first-order chi connectivity index (χ1) is 14.5. The number of carbonyl (C=O) groups excluding carboxylic acids is 1. The number of carboxylic acids is 1. The van der Waals surface area contributed by atoms with E-state index in [1.54, 1.807) is 25.1 Å². The number of hydrogen-bond donors (Lipinski definition) is 1. The molecule has 0 saturated heterocycles. The highest BCUT2D eigenvalue weighted by Gasteiger charge is 2.18. The predicted molar refractivity (Wildman–Crippen MR) is 113 cm³/mol. The molecule has 0 aliphatic carbocycles. The van der Waals surface area contributed by atoms with Gasteiger partial charge in [-0.2, -0.15) is 0 Å². The summed E-state index contributed by atoms with van der Waals surface area (Å²) < 4.78 is 11.1. The largest absolute Gasteiger partial charge is 0.488 e. The van der Waals surface area contributed by atoms with E-state index in [9.17, 15) is 14.7 Å². The maximum Gasteiger partial charge on any atom is 0.339 e. The van der Waals surface area contributed by atoms with Crippen molar-refractivity contribution in [2.45, 2.75) is 26.6 Å². The van der Waals surface area contributed by atoms with Crippen LogP contribution in [0.5, 0.6) is 5.75 Å². The number of hydrogen-bond acceptors (Lipinski definition) is 4. The van der Waals surface area contributed by atoms with Crippen LogP contribution >= 0.6 is 0 Å². The van der Waals surface area contributed by atoms with E-state index in [0.717, 1.165) is 16.7 Å². The molecule has 5 heteroatoms. The van der Waals surface area contributed by atoms with Gasteiger partial charge >= 0.3 is 11.9 Å². The van der Waals surface area contributed by atoms with Crippen molar-refractivity contribution in [1.82, 2.24) is 0 Å². The van der Waals surface area contributed by atoms with Crippen molar-refractivity contribution in [2.75, 3.05) is 0 Å². The van der Waals surface area contributed by atoms with Crippen LogP contribution in [0.15, 0.2) is 78.9 Å². The van der Waals surface area contributed by atoms with E-state index < -0.39 is 11.9 Å². The Morgan fingerprint density at radius 3 is 2.03 bits per heavy atom. The monoisotopic (exact) mass is 404 g/mol. The summed E-state index contributed by atoms with van der Waals surface area (Å²) in [4.78, 5) is 24.0. The number of esters is 1. The van der Waals surface area contributed by atoms with Crippen LogP contribution in [-0.4, -0.2) is 17.0 Å². The fourth-order valence-corrected chi connectivity index (χ4v) is 3.04. The predicted octanol–water partition coefficient (Wildman–Crippen LogP) is 4.89. The van der Waals surface area contributed by atoms with Gasteiger partial charge in [-0.25, -0.2) is 4.79 Å². The number of carbonyl (C=O) groups is 2. The van der Waals surface area contributed by atoms with Crippen LogP contribution in [0.1, 0.15) is 34.0 Å². The summed E-state index contributed by atoms with van der Waals surface area (Å²) in [5.41, 5.74) is 2.69. The Morgan fingerprint density at radius 1 is 0.833 bits per heavy atom. The van der Waals surface area contributed by atoms with E-state index in [2.05, 4.69) is 0 Å². The fourth-order valence-electron chi connectivity index (χ4n) is 3.04. The molecule has 0 bridgehead atoms. The molecule has 3 aromatic rings. The summed E-state index contributed by atoms with van der Waals surface area (Å²) in [7, 11) is 0. The van der Waals surface area contributed by atoms with Crippen LogP contribution in [0.2, 0.25) is 0 Å². The second-order valence-electron chi connectivity index (χ2n) is 7.11. The maximum atomic E-state index is 12.3. The average molecular weight is 404 g/mol. The van der Waals surface area contributed by atoms with Gasteiger partial charge in [0.25, 0.3) is 0 Å². The third-order valence-corrected chi connectivity index (χ3v) is 4.68. The van der Waals surface area contributed by atoms with Crippen LogP contribution in [0.4, 0.5) is 0 Å². The molecule has 0 aromatic heterocycles. The summed E-state index contributed by atoms with van der Waals surface area (Å²) in [6, 6.07) is 24.0. The lowest BCUT2D eigenvalue weighted by molar-refractivity contribution is -0.149. The zero-order valence-corrected chi connectivity index (χ0v) is 16.8. The quantitative estimate of drug-likeness (QED) is 0.514. The van der Waals surface area contributed by atoms with Gasteiger partial charge in [0.1, 0.15) is 24.5 Å². The Balaban J connectivity index is 1.61. The minimum atomic E-state index is -1.07. The lowest BCUT2D eigenvalue weighted by Gasteiger charge is -2.14. The highest BCUT2D eigenvalue weighted by atomic mass is 16.5. The Labute approximate surface area is 175 Å². The normalized spacial score (nSPS) is 11.5. The number of benzene rings is 3. The van der Waals surface area contributed by atoms with Gasteiger partial charge in [-0.15, -0.1) is 0 Å².